The third kappa shape index (κ3) is 4.34. The van der Waals surface area contributed by atoms with E-state index >= 15 is 0 Å². The summed E-state index contributed by atoms with van der Waals surface area (Å²) in [4.78, 5) is -3.39. The summed E-state index contributed by atoms with van der Waals surface area (Å²) < 4.78 is 158. The number of rotatable bonds is 0. The van der Waals surface area contributed by atoms with Gasteiger partial charge in [0.25, 0.3) is 0 Å². The van der Waals surface area contributed by atoms with Gasteiger partial charge in [0, 0.05) is 19.6 Å². The predicted molar refractivity (Wildman–Crippen MR) is 81.1 cm³/mol. The zero-order valence-corrected chi connectivity index (χ0v) is 15.3. The Bertz CT molecular complexity index is 914. The number of hydrogen-bond acceptors (Lipinski definition) is 2. The van der Waals surface area contributed by atoms with Crippen LogP contribution in [0.2, 0.25) is 0 Å². The molecule has 30 heavy (non-hydrogen) atoms. The lowest BCUT2D eigenvalue weighted by atomic mass is 10.1. The van der Waals surface area contributed by atoms with Gasteiger partial charge < -0.3 is 0 Å². The minimum absolute atomic E-state index is 0.0923. The molecule has 0 amide bonds. The van der Waals surface area contributed by atoms with Gasteiger partial charge in [-0.2, -0.15) is 52.7 Å². The monoisotopic (exact) mass is 488 g/mol. The summed E-state index contributed by atoms with van der Waals surface area (Å²) >= 11 is -0.185. The van der Waals surface area contributed by atoms with Gasteiger partial charge in [0.2, 0.25) is 0 Å². The van der Waals surface area contributed by atoms with E-state index in [1.54, 1.807) is 0 Å². The van der Waals surface area contributed by atoms with Crippen LogP contribution in [-0.4, -0.2) is 0 Å². The molecule has 14 heteroatoms. The summed E-state index contributed by atoms with van der Waals surface area (Å²) in [5, 5.41) is 0. The van der Waals surface area contributed by atoms with Crippen LogP contribution < -0.4 is 0 Å². The zero-order chi connectivity index (χ0) is 22.9. The Hall–Kier alpha value is -1.70. The molecule has 0 nitrogen and oxygen atoms in total. The lowest BCUT2D eigenvalue weighted by Gasteiger charge is -2.26. The molecule has 1 aliphatic heterocycles. The van der Waals surface area contributed by atoms with E-state index in [0.717, 1.165) is 0 Å². The molecule has 164 valence electrons. The van der Waals surface area contributed by atoms with Crippen molar-refractivity contribution >= 4 is 23.5 Å². The molecule has 0 fully saturated rings. The normalized spacial score (nSPS) is 15.1. The van der Waals surface area contributed by atoms with Gasteiger partial charge in [0.15, 0.2) is 0 Å². The molecule has 1 aliphatic rings. The van der Waals surface area contributed by atoms with Crippen LogP contribution in [0.25, 0.3) is 0 Å². The summed E-state index contributed by atoms with van der Waals surface area (Å²) in [6, 6.07) is 0.0251. The molecule has 0 bridgehead atoms. The van der Waals surface area contributed by atoms with E-state index in [4.69, 9.17) is 0 Å². The van der Waals surface area contributed by atoms with Gasteiger partial charge in [-0.25, -0.2) is 0 Å². The van der Waals surface area contributed by atoms with Crippen molar-refractivity contribution in [2.24, 2.45) is 0 Å². The summed E-state index contributed by atoms with van der Waals surface area (Å²) in [7, 11) is 0. The highest BCUT2D eigenvalue weighted by Gasteiger charge is 2.44. The third-order valence-electron chi connectivity index (χ3n) is 3.80. The topological polar surface area (TPSA) is 0 Å². The van der Waals surface area contributed by atoms with Crippen LogP contribution in [0.15, 0.2) is 43.8 Å². The number of alkyl halides is 12. The number of halogens is 12. The van der Waals surface area contributed by atoms with Crippen molar-refractivity contribution < 1.29 is 52.7 Å². The lowest BCUT2D eigenvalue weighted by Crippen LogP contribution is -2.16. The smallest absolute Gasteiger partial charge is 0.166 e. The first-order chi connectivity index (χ1) is 13.4. The Balaban J connectivity index is 2.29. The predicted octanol–water partition coefficient (Wildman–Crippen LogP) is 8.38. The van der Waals surface area contributed by atoms with E-state index in [9.17, 15) is 52.7 Å². The average molecular weight is 488 g/mol. The Morgan fingerprint density at radius 3 is 0.967 bits per heavy atom. The van der Waals surface area contributed by atoms with Crippen LogP contribution >= 0.6 is 23.5 Å². The van der Waals surface area contributed by atoms with Gasteiger partial charge in [-0.05, 0) is 24.3 Å². The minimum atomic E-state index is -5.33. The number of hydrogen-bond donors (Lipinski definition) is 0. The van der Waals surface area contributed by atoms with Crippen LogP contribution in [0.1, 0.15) is 22.3 Å². The first-order valence-corrected chi connectivity index (χ1v) is 9.03. The van der Waals surface area contributed by atoms with Crippen LogP contribution in [-0.2, 0) is 24.7 Å². The van der Waals surface area contributed by atoms with Crippen molar-refractivity contribution in [3.63, 3.8) is 0 Å². The molecule has 1 heterocycles. The molecule has 0 spiro atoms. The molecule has 0 atom stereocenters. The van der Waals surface area contributed by atoms with Crippen LogP contribution in [0.4, 0.5) is 52.7 Å². The molecule has 0 unspecified atom stereocenters. The Kier molecular flexibility index (Phi) is 5.29. The second kappa shape index (κ2) is 6.90. The van der Waals surface area contributed by atoms with E-state index in [1.807, 2.05) is 0 Å². The maximum atomic E-state index is 13.3. The van der Waals surface area contributed by atoms with E-state index in [2.05, 4.69) is 0 Å². The van der Waals surface area contributed by atoms with Gasteiger partial charge in [0.1, 0.15) is 0 Å². The van der Waals surface area contributed by atoms with Gasteiger partial charge in [0.05, 0.1) is 22.3 Å². The van der Waals surface area contributed by atoms with Crippen molar-refractivity contribution in [2.45, 2.75) is 44.3 Å². The van der Waals surface area contributed by atoms with Crippen LogP contribution in [0, 0.1) is 0 Å². The molecule has 0 aliphatic carbocycles. The lowest BCUT2D eigenvalue weighted by molar-refractivity contribution is -0.146. The fraction of sp³-hybridized carbons (Fsp3) is 0.250. The van der Waals surface area contributed by atoms with E-state index in [-0.39, 0.29) is 47.8 Å². The summed E-state index contributed by atoms with van der Waals surface area (Å²) in [5.74, 6) is 0. The molecule has 0 saturated carbocycles. The SMILES string of the molecule is FC(F)(F)c1cc2c(c(C(F)(F)F)c1)Sc1cc(C(F)(F)F)cc(C(F)(F)F)c1S2. The van der Waals surface area contributed by atoms with Gasteiger partial charge in [-0.3, -0.25) is 0 Å². The first-order valence-electron chi connectivity index (χ1n) is 7.39. The first kappa shape index (κ1) is 23.0. The van der Waals surface area contributed by atoms with Gasteiger partial charge >= 0.3 is 24.7 Å². The Morgan fingerprint density at radius 1 is 0.433 bits per heavy atom. The second-order valence-electron chi connectivity index (χ2n) is 5.90. The third-order valence-corrected chi connectivity index (χ3v) is 6.43. The fourth-order valence-electron chi connectivity index (χ4n) is 2.53. The minimum Gasteiger partial charge on any atom is -0.166 e. The maximum absolute atomic E-state index is 13.3. The number of fused-ring (bicyclic) bond motifs is 2. The highest BCUT2D eigenvalue weighted by Crippen LogP contribution is 2.57. The fourth-order valence-corrected chi connectivity index (χ4v) is 5.14. The van der Waals surface area contributed by atoms with Gasteiger partial charge in [-0.15, -0.1) is 0 Å². The molecule has 0 aromatic heterocycles. The molecule has 0 N–H and O–H groups in total. The van der Waals surface area contributed by atoms with Crippen LogP contribution in [0.5, 0.6) is 0 Å². The maximum Gasteiger partial charge on any atom is 0.417 e. The quantitative estimate of drug-likeness (QED) is 0.292. The number of benzene rings is 2. The highest BCUT2D eigenvalue weighted by molar-refractivity contribution is 8.05. The average Bonchev–Trinajstić information content (AvgIpc) is 2.54. The summed E-state index contributed by atoms with van der Waals surface area (Å²) in [5.41, 5.74) is -7.10. The molecule has 0 saturated heterocycles. The van der Waals surface area contributed by atoms with Crippen molar-refractivity contribution in [1.82, 2.24) is 0 Å². The van der Waals surface area contributed by atoms with Crippen molar-refractivity contribution in [3.05, 3.63) is 46.5 Å². The summed E-state index contributed by atoms with van der Waals surface area (Å²) in [6.45, 7) is 0. The van der Waals surface area contributed by atoms with E-state index in [0.29, 0.717) is 0 Å². The molecule has 2 aromatic rings. The van der Waals surface area contributed by atoms with Crippen molar-refractivity contribution in [1.29, 1.82) is 0 Å². The molecule has 3 rings (SSSR count). The largest absolute Gasteiger partial charge is 0.417 e. The zero-order valence-electron chi connectivity index (χ0n) is 13.7. The van der Waals surface area contributed by atoms with Crippen LogP contribution in [0.3, 0.4) is 0 Å². The van der Waals surface area contributed by atoms with Gasteiger partial charge in [-0.1, -0.05) is 23.5 Å². The standard InChI is InChI=1S/C16H4F12S2/c17-13(18,19)5-1-7(15(23,24)25)11-9(3-5)30-12-8(16(26,27)28)2-6(14(20,21)22)4-10(12)29-11/h1-4H. The molecular formula is C16H4F12S2. The Labute approximate surface area is 167 Å². The highest BCUT2D eigenvalue weighted by atomic mass is 32.2. The van der Waals surface area contributed by atoms with E-state index in [1.165, 1.54) is 0 Å². The second-order valence-corrected chi connectivity index (χ2v) is 8.00. The summed E-state index contributed by atoms with van der Waals surface area (Å²) in [6.07, 6.45) is -21.1. The van der Waals surface area contributed by atoms with E-state index < -0.39 is 66.5 Å². The van der Waals surface area contributed by atoms with Crippen molar-refractivity contribution in [3.8, 4) is 0 Å². The molecular weight excluding hydrogens is 484 g/mol. The Morgan fingerprint density at radius 2 is 0.733 bits per heavy atom. The molecule has 2 aromatic carbocycles. The van der Waals surface area contributed by atoms with Crippen molar-refractivity contribution in [2.75, 3.05) is 0 Å². The molecule has 0 radical (unpaired) electrons.